The molecule has 0 spiro atoms. The van der Waals surface area contributed by atoms with Gasteiger partial charge >= 0.3 is 0 Å². The van der Waals surface area contributed by atoms with Crippen LogP contribution in [0.25, 0.3) is 0 Å². The van der Waals surface area contributed by atoms with E-state index in [0.29, 0.717) is 19.3 Å². The minimum atomic E-state index is -0.462. The zero-order valence-electron chi connectivity index (χ0n) is 12.5. The Bertz CT molecular complexity index is 375. The highest BCUT2D eigenvalue weighted by atomic mass is 32.1. The van der Waals surface area contributed by atoms with E-state index in [2.05, 4.69) is 24.1 Å². The van der Waals surface area contributed by atoms with E-state index >= 15 is 0 Å². The molecule has 1 aliphatic carbocycles. The highest BCUT2D eigenvalue weighted by Gasteiger charge is 2.24. The number of nitrogens with zero attached hydrogens (tertiary/aromatic N) is 1. The molecule has 1 aromatic heterocycles. The van der Waals surface area contributed by atoms with Crippen LogP contribution in [0.1, 0.15) is 51.0 Å². The molecule has 1 aromatic rings. The van der Waals surface area contributed by atoms with Crippen molar-refractivity contribution in [1.29, 1.82) is 0 Å². The van der Waals surface area contributed by atoms with Crippen LogP contribution in [0.4, 0.5) is 0 Å². The van der Waals surface area contributed by atoms with E-state index < -0.39 is 6.10 Å². The molecular formula is C15H26N2O2S. The van der Waals surface area contributed by atoms with E-state index in [-0.39, 0.29) is 5.54 Å². The predicted molar refractivity (Wildman–Crippen MR) is 82.0 cm³/mol. The first-order chi connectivity index (χ1) is 9.58. The molecular weight excluding hydrogens is 272 g/mol. The molecule has 0 aliphatic heterocycles. The Morgan fingerprint density at radius 1 is 1.45 bits per heavy atom. The minimum absolute atomic E-state index is 0.208. The summed E-state index contributed by atoms with van der Waals surface area (Å²) >= 11 is 1.63. The number of nitrogens with one attached hydrogen (secondary N) is 1. The van der Waals surface area contributed by atoms with E-state index in [0.717, 1.165) is 17.8 Å². The Balaban J connectivity index is 1.68. The average molecular weight is 298 g/mol. The predicted octanol–water partition coefficient (Wildman–Crippen LogP) is 2.68. The lowest BCUT2D eigenvalue weighted by Gasteiger charge is -2.27. The fraction of sp³-hybridized carbons (Fsp3) is 0.800. The van der Waals surface area contributed by atoms with Gasteiger partial charge in [0.15, 0.2) is 0 Å². The summed E-state index contributed by atoms with van der Waals surface area (Å²) in [5, 5.41) is 16.4. The quantitative estimate of drug-likeness (QED) is 0.812. The molecule has 1 fully saturated rings. The molecule has 0 saturated heterocycles. The molecule has 0 aromatic carbocycles. The molecule has 114 valence electrons. The summed E-state index contributed by atoms with van der Waals surface area (Å²) in [6, 6.07) is 0. The van der Waals surface area contributed by atoms with Crippen LogP contribution in [0.5, 0.6) is 0 Å². The van der Waals surface area contributed by atoms with E-state index in [4.69, 9.17) is 4.74 Å². The first-order valence-electron chi connectivity index (χ1n) is 7.52. The molecule has 1 atom stereocenters. The van der Waals surface area contributed by atoms with Crippen LogP contribution in [0, 0.1) is 0 Å². The van der Waals surface area contributed by atoms with Crippen LogP contribution >= 0.6 is 11.3 Å². The second kappa shape index (κ2) is 7.50. The van der Waals surface area contributed by atoms with Gasteiger partial charge in [-0.3, -0.25) is 0 Å². The smallest absolute Gasteiger partial charge is 0.112 e. The van der Waals surface area contributed by atoms with Crippen LogP contribution in [0.2, 0.25) is 0 Å². The van der Waals surface area contributed by atoms with Crippen LogP contribution in [0.3, 0.4) is 0 Å². The summed E-state index contributed by atoms with van der Waals surface area (Å²) in [5.41, 5.74) is -0.208. The van der Waals surface area contributed by atoms with E-state index in [1.165, 1.54) is 19.3 Å². The molecule has 1 aliphatic rings. The zero-order chi connectivity index (χ0) is 14.4. The minimum Gasteiger partial charge on any atom is -0.389 e. The summed E-state index contributed by atoms with van der Waals surface area (Å²) in [6.45, 7) is 5.12. The van der Waals surface area contributed by atoms with Crippen molar-refractivity contribution in [3.63, 3.8) is 0 Å². The van der Waals surface area contributed by atoms with E-state index in [9.17, 15) is 5.11 Å². The monoisotopic (exact) mass is 298 g/mol. The summed E-state index contributed by atoms with van der Waals surface area (Å²) in [6.07, 6.45) is 7.83. The molecule has 2 rings (SSSR count). The van der Waals surface area contributed by atoms with Crippen LogP contribution in [-0.4, -0.2) is 35.5 Å². The van der Waals surface area contributed by atoms with Gasteiger partial charge in [-0.25, -0.2) is 4.98 Å². The lowest BCUT2D eigenvalue weighted by atomic mass is 9.98. The van der Waals surface area contributed by atoms with E-state index in [1.807, 2.05) is 11.6 Å². The Morgan fingerprint density at radius 2 is 2.20 bits per heavy atom. The van der Waals surface area contributed by atoms with Gasteiger partial charge in [0, 0.05) is 18.1 Å². The van der Waals surface area contributed by atoms with E-state index in [1.54, 1.807) is 11.3 Å². The van der Waals surface area contributed by atoms with Crippen LogP contribution in [0.15, 0.2) is 11.6 Å². The summed E-state index contributed by atoms with van der Waals surface area (Å²) < 4.78 is 5.80. The number of ether oxygens (including phenoxy) is 1. The standard InChI is InChI=1S/C15H26N2O2S/c1-15(2,14-16-8-9-20-14)17-10-12(18)11-19-13-6-4-3-5-7-13/h8-9,12-13,17-18H,3-7,10-11H2,1-2H3. The lowest BCUT2D eigenvalue weighted by Crippen LogP contribution is -2.42. The maximum Gasteiger partial charge on any atom is 0.112 e. The molecule has 0 amide bonds. The third kappa shape index (κ3) is 4.81. The van der Waals surface area contributed by atoms with Gasteiger partial charge in [-0.2, -0.15) is 0 Å². The number of aliphatic hydroxyl groups excluding tert-OH is 1. The number of aliphatic hydroxyl groups is 1. The average Bonchev–Trinajstić information content (AvgIpc) is 2.99. The van der Waals surface area contributed by atoms with Crippen LogP contribution in [-0.2, 0) is 10.3 Å². The SMILES string of the molecule is CC(C)(NCC(O)COC1CCCCC1)c1nccs1. The van der Waals surface area contributed by atoms with Gasteiger partial charge in [0.05, 0.1) is 24.4 Å². The molecule has 4 nitrogen and oxygen atoms in total. The van der Waals surface area contributed by atoms with Gasteiger partial charge in [-0.15, -0.1) is 11.3 Å². The fourth-order valence-corrected chi connectivity index (χ4v) is 3.26. The first-order valence-corrected chi connectivity index (χ1v) is 8.40. The Kier molecular flexibility index (Phi) is 5.96. The van der Waals surface area contributed by atoms with Crippen LogP contribution < -0.4 is 5.32 Å². The van der Waals surface area contributed by atoms with Crippen molar-refractivity contribution in [3.8, 4) is 0 Å². The topological polar surface area (TPSA) is 54.4 Å². The van der Waals surface area contributed by atoms with Gasteiger partial charge < -0.3 is 15.2 Å². The van der Waals surface area contributed by atoms with Gasteiger partial charge in [0.25, 0.3) is 0 Å². The highest BCUT2D eigenvalue weighted by molar-refractivity contribution is 7.09. The second-order valence-electron chi connectivity index (χ2n) is 6.09. The number of rotatable bonds is 7. The normalized spacial score (nSPS) is 19.1. The van der Waals surface area contributed by atoms with Gasteiger partial charge in [0.2, 0.25) is 0 Å². The maximum absolute atomic E-state index is 10.0. The van der Waals surface area contributed by atoms with Crippen molar-refractivity contribution in [2.45, 2.75) is 63.7 Å². The van der Waals surface area contributed by atoms with Gasteiger partial charge in [-0.05, 0) is 26.7 Å². The summed E-state index contributed by atoms with van der Waals surface area (Å²) in [7, 11) is 0. The Labute approximate surface area is 125 Å². The fourth-order valence-electron chi connectivity index (χ4n) is 2.52. The largest absolute Gasteiger partial charge is 0.389 e. The second-order valence-corrected chi connectivity index (χ2v) is 6.98. The molecule has 5 heteroatoms. The third-order valence-corrected chi connectivity index (χ3v) is 4.92. The Morgan fingerprint density at radius 3 is 2.85 bits per heavy atom. The number of hydrogen-bond acceptors (Lipinski definition) is 5. The van der Waals surface area contributed by atoms with Gasteiger partial charge in [-0.1, -0.05) is 19.3 Å². The molecule has 1 heterocycles. The first kappa shape index (κ1) is 15.9. The molecule has 0 radical (unpaired) electrons. The van der Waals surface area contributed by atoms with Crippen molar-refractivity contribution < 1.29 is 9.84 Å². The highest BCUT2D eigenvalue weighted by Crippen LogP contribution is 2.22. The molecule has 20 heavy (non-hydrogen) atoms. The van der Waals surface area contributed by atoms with Crippen molar-refractivity contribution in [2.75, 3.05) is 13.2 Å². The van der Waals surface area contributed by atoms with Crippen molar-refractivity contribution in [2.24, 2.45) is 0 Å². The third-order valence-electron chi connectivity index (χ3n) is 3.82. The number of hydrogen-bond donors (Lipinski definition) is 2. The summed E-state index contributed by atoms with van der Waals surface area (Å²) in [5.74, 6) is 0. The lowest BCUT2D eigenvalue weighted by molar-refractivity contribution is -0.0246. The Hall–Kier alpha value is -0.490. The maximum atomic E-state index is 10.0. The van der Waals surface area contributed by atoms with Crippen molar-refractivity contribution in [3.05, 3.63) is 16.6 Å². The summed E-state index contributed by atoms with van der Waals surface area (Å²) in [4.78, 5) is 4.33. The van der Waals surface area contributed by atoms with Gasteiger partial charge in [0.1, 0.15) is 5.01 Å². The molecule has 1 saturated carbocycles. The number of aromatic nitrogens is 1. The zero-order valence-corrected chi connectivity index (χ0v) is 13.3. The van der Waals surface area contributed by atoms with Crippen molar-refractivity contribution >= 4 is 11.3 Å². The number of thiazole rings is 1. The molecule has 0 bridgehead atoms. The molecule has 2 N–H and O–H groups in total. The molecule has 1 unspecified atom stereocenters. The van der Waals surface area contributed by atoms with Crippen molar-refractivity contribution in [1.82, 2.24) is 10.3 Å².